The summed E-state index contributed by atoms with van der Waals surface area (Å²) in [4.78, 5) is 115. The van der Waals surface area contributed by atoms with Gasteiger partial charge in [0.2, 0.25) is 35.4 Å². The summed E-state index contributed by atoms with van der Waals surface area (Å²) in [6, 6.07) is -8.36. The fourth-order valence-electron chi connectivity index (χ4n) is 4.40. The Morgan fingerprint density at radius 2 is 0.909 bits per heavy atom. The van der Waals surface area contributed by atoms with Gasteiger partial charge in [0.25, 0.3) is 0 Å². The van der Waals surface area contributed by atoms with Crippen molar-refractivity contribution in [2.45, 2.75) is 163 Å². The first-order chi connectivity index (χ1) is 24.8. The average molecular weight is 787 g/mol. The average Bonchev–Trinajstić information content (AvgIpc) is 2.97. The molecule has 0 saturated carbocycles. The number of hydrogen-bond acceptors (Lipinski definition) is 12. The molecule has 55 heavy (non-hydrogen) atoms. The van der Waals surface area contributed by atoms with E-state index >= 15 is 0 Å². The zero-order chi connectivity index (χ0) is 43.2. The molecule has 0 aliphatic rings. The second-order valence-corrected chi connectivity index (χ2v) is 16.4. The molecule has 6 amide bonds. The highest BCUT2D eigenvalue weighted by molar-refractivity contribution is 5.97. The van der Waals surface area contributed by atoms with Gasteiger partial charge in [0, 0.05) is 6.92 Å². The minimum absolute atomic E-state index is 0.264. The third-order valence-electron chi connectivity index (χ3n) is 6.96. The third-order valence-corrected chi connectivity index (χ3v) is 6.96. The van der Waals surface area contributed by atoms with E-state index in [1.165, 1.54) is 20.8 Å². The molecule has 0 fully saturated rings. The highest BCUT2D eigenvalue weighted by Gasteiger charge is 2.35. The summed E-state index contributed by atoms with van der Waals surface area (Å²) in [5.74, 6) is -8.75. The van der Waals surface area contributed by atoms with Gasteiger partial charge in [-0.2, -0.15) is 0 Å². The highest BCUT2D eigenvalue weighted by atomic mass is 16.6. The Morgan fingerprint density at radius 3 is 1.31 bits per heavy atom. The Bertz CT molecular complexity index is 1410. The molecule has 0 aromatic rings. The van der Waals surface area contributed by atoms with Crippen LogP contribution in [0.5, 0.6) is 0 Å². The molecule has 0 aliphatic heterocycles. The van der Waals surface area contributed by atoms with E-state index in [4.69, 9.17) is 14.2 Å². The first kappa shape index (κ1) is 50.2. The van der Waals surface area contributed by atoms with Crippen molar-refractivity contribution in [3.63, 3.8) is 0 Å². The van der Waals surface area contributed by atoms with Crippen LogP contribution in [0.4, 0.5) is 0 Å². The summed E-state index contributed by atoms with van der Waals surface area (Å²) in [5, 5.41) is 23.9. The van der Waals surface area contributed by atoms with Crippen LogP contribution in [0.2, 0.25) is 0 Å². The number of carboxylic acid groups (broad SMARTS) is 1. The molecule has 7 N–H and O–H groups in total. The van der Waals surface area contributed by atoms with Gasteiger partial charge in [0.1, 0.15) is 47.5 Å². The lowest BCUT2D eigenvalue weighted by molar-refractivity contribution is -0.159. The first-order valence-corrected chi connectivity index (χ1v) is 17.9. The molecule has 0 heterocycles. The number of aliphatic carboxylic acids is 1. The second kappa shape index (κ2) is 21.3. The summed E-state index contributed by atoms with van der Waals surface area (Å²) in [5.41, 5.74) is -2.51. The molecule has 0 spiro atoms. The van der Waals surface area contributed by atoms with Crippen molar-refractivity contribution in [3.8, 4) is 0 Å². The van der Waals surface area contributed by atoms with Gasteiger partial charge in [-0.15, -0.1) is 0 Å². The maximum Gasteiger partial charge on any atom is 0.326 e. The van der Waals surface area contributed by atoms with Gasteiger partial charge in [-0.3, -0.25) is 38.4 Å². The molecular formula is C36H62N6O13. The summed E-state index contributed by atoms with van der Waals surface area (Å²) < 4.78 is 16.1. The number of ether oxygens (including phenoxy) is 3. The molecule has 0 aromatic carbocycles. The van der Waals surface area contributed by atoms with E-state index in [1.54, 1.807) is 76.2 Å². The van der Waals surface area contributed by atoms with Crippen molar-refractivity contribution in [3.05, 3.63) is 0 Å². The Hall–Kier alpha value is -4.81. The smallest absolute Gasteiger partial charge is 0.326 e. The van der Waals surface area contributed by atoms with Crippen LogP contribution >= 0.6 is 0 Å². The number of carbonyl (C=O) groups is 9. The molecule has 0 radical (unpaired) electrons. The molecule has 0 aromatic heterocycles. The minimum Gasteiger partial charge on any atom is -0.480 e. The molecule has 0 aliphatic carbocycles. The van der Waals surface area contributed by atoms with Crippen molar-refractivity contribution in [1.29, 1.82) is 0 Å². The predicted molar refractivity (Wildman–Crippen MR) is 198 cm³/mol. The second-order valence-electron chi connectivity index (χ2n) is 16.4. The fraction of sp³-hybridized carbons (Fsp3) is 0.750. The number of hydrogen-bond donors (Lipinski definition) is 7. The lowest BCUT2D eigenvalue weighted by atomic mass is 10.0. The number of carbonyl (C=O) groups excluding carboxylic acids is 8. The Balaban J connectivity index is 5.83. The van der Waals surface area contributed by atoms with E-state index in [1.807, 2.05) is 0 Å². The van der Waals surface area contributed by atoms with Gasteiger partial charge in [0.05, 0.1) is 25.0 Å². The number of amides is 6. The molecule has 0 rings (SSSR count). The van der Waals surface area contributed by atoms with Crippen LogP contribution in [0.15, 0.2) is 0 Å². The van der Waals surface area contributed by atoms with Crippen LogP contribution < -0.4 is 31.9 Å². The lowest BCUT2D eigenvalue weighted by Crippen LogP contribution is -2.59. The molecule has 314 valence electrons. The largest absolute Gasteiger partial charge is 0.480 e. The number of rotatable bonds is 19. The van der Waals surface area contributed by atoms with Crippen LogP contribution in [-0.2, 0) is 57.4 Å². The van der Waals surface area contributed by atoms with Crippen LogP contribution in [0.1, 0.15) is 110 Å². The summed E-state index contributed by atoms with van der Waals surface area (Å²) in [7, 11) is 0. The normalized spacial score (nSPS) is 15.1. The number of esters is 2. The van der Waals surface area contributed by atoms with Crippen molar-refractivity contribution in [1.82, 2.24) is 31.9 Å². The molecule has 6 atom stereocenters. The van der Waals surface area contributed by atoms with E-state index in [0.717, 1.165) is 0 Å². The molecule has 0 bridgehead atoms. The van der Waals surface area contributed by atoms with Crippen molar-refractivity contribution < 1.29 is 62.5 Å². The summed E-state index contributed by atoms with van der Waals surface area (Å²) in [6.45, 7) is 21.5. The van der Waals surface area contributed by atoms with Crippen LogP contribution in [-0.4, -0.2) is 118 Å². The van der Waals surface area contributed by atoms with E-state index in [0.29, 0.717) is 0 Å². The van der Waals surface area contributed by atoms with E-state index in [9.17, 15) is 48.3 Å². The van der Waals surface area contributed by atoms with E-state index < -0.39 is 125 Å². The highest BCUT2D eigenvalue weighted by Crippen LogP contribution is 2.12. The van der Waals surface area contributed by atoms with Gasteiger partial charge in [-0.05, 0) is 82.1 Å². The topological polar surface area (TPSA) is 274 Å². The maximum atomic E-state index is 13.4. The SMILES string of the molecule is CC(=O)N[C@@H](COC(C)(C)C)C(=O)N[C@@H](CC(=O)OC(C)(C)C)C(=O)N[C@@H](C)C(=O)N[C@@H](C)C(=O)N[C@H](C(=O)N[C@@H](CC(=O)OC(C)(C)C)C(=O)O)C(C)C. The fourth-order valence-corrected chi connectivity index (χ4v) is 4.40. The van der Waals surface area contributed by atoms with Crippen LogP contribution in [0.3, 0.4) is 0 Å². The van der Waals surface area contributed by atoms with Crippen LogP contribution in [0.25, 0.3) is 0 Å². The molecule has 19 nitrogen and oxygen atoms in total. The molecule has 0 saturated heterocycles. The van der Waals surface area contributed by atoms with Gasteiger partial charge in [0.15, 0.2) is 0 Å². The Morgan fingerprint density at radius 1 is 0.509 bits per heavy atom. The van der Waals surface area contributed by atoms with Crippen LogP contribution in [0, 0.1) is 5.92 Å². The van der Waals surface area contributed by atoms with Gasteiger partial charge in [-0.1, -0.05) is 13.8 Å². The van der Waals surface area contributed by atoms with E-state index in [-0.39, 0.29) is 6.61 Å². The van der Waals surface area contributed by atoms with Gasteiger partial charge >= 0.3 is 17.9 Å². The predicted octanol–water partition coefficient (Wildman–Crippen LogP) is -0.0258. The third kappa shape index (κ3) is 21.6. The standard InChI is InChI=1S/C36H62N6O13/c1-18(2)27(32(50)41-23(33(51)52)16-26(45)55-36(12,13)14)42-29(47)20(4)37-28(46)19(3)38-30(48)22(15-25(44)54-35(9,10)11)40-31(49)24(39-21(5)43)17-53-34(6,7)8/h18-20,22-24,27H,15-17H2,1-14H3,(H,37,46)(H,38,48)(H,39,43)(H,40,49)(H,41,50)(H,42,47)(H,51,52)/t19-,20-,22-,23-,24-,27-/m0/s1. The Kier molecular flexibility index (Phi) is 19.5. The monoisotopic (exact) mass is 786 g/mol. The minimum atomic E-state index is -1.65. The maximum absolute atomic E-state index is 13.4. The van der Waals surface area contributed by atoms with Gasteiger partial charge in [-0.25, -0.2) is 4.79 Å². The number of nitrogens with one attached hydrogen (secondary N) is 6. The summed E-state index contributed by atoms with van der Waals surface area (Å²) in [6.07, 6.45) is -1.31. The van der Waals surface area contributed by atoms with E-state index in [2.05, 4.69) is 31.9 Å². The molecule has 0 unspecified atom stereocenters. The quantitative estimate of drug-likeness (QED) is 0.0849. The van der Waals surface area contributed by atoms with Crippen molar-refractivity contribution >= 4 is 53.4 Å². The van der Waals surface area contributed by atoms with Crippen molar-refractivity contribution in [2.75, 3.05) is 6.61 Å². The van der Waals surface area contributed by atoms with Crippen molar-refractivity contribution in [2.24, 2.45) is 5.92 Å². The van der Waals surface area contributed by atoms with Gasteiger partial charge < -0.3 is 51.2 Å². The number of carboxylic acids is 1. The molecule has 19 heteroatoms. The zero-order valence-corrected chi connectivity index (χ0v) is 34.5. The summed E-state index contributed by atoms with van der Waals surface area (Å²) >= 11 is 0. The lowest BCUT2D eigenvalue weighted by Gasteiger charge is -2.27. The first-order valence-electron chi connectivity index (χ1n) is 17.9. The Labute approximate surface area is 322 Å². The molecular weight excluding hydrogens is 724 g/mol. The zero-order valence-electron chi connectivity index (χ0n) is 34.5.